The highest BCUT2D eigenvalue weighted by molar-refractivity contribution is 7.89. The van der Waals surface area contributed by atoms with Gasteiger partial charge in [-0.3, -0.25) is 4.79 Å². The minimum atomic E-state index is -3.47. The van der Waals surface area contributed by atoms with Crippen molar-refractivity contribution in [1.82, 2.24) is 14.6 Å². The van der Waals surface area contributed by atoms with Crippen LogP contribution in [0.2, 0.25) is 0 Å². The summed E-state index contributed by atoms with van der Waals surface area (Å²) >= 11 is 1.56. The molecule has 1 aliphatic carbocycles. The molecule has 144 valence electrons. The molecule has 8 heteroatoms. The Morgan fingerprint density at radius 3 is 2.74 bits per heavy atom. The van der Waals surface area contributed by atoms with E-state index in [0.717, 1.165) is 36.4 Å². The van der Waals surface area contributed by atoms with Crippen LogP contribution in [0.25, 0.3) is 0 Å². The molecule has 4 rings (SSSR count). The van der Waals surface area contributed by atoms with E-state index in [1.54, 1.807) is 39.9 Å². The molecular weight excluding hydrogens is 382 g/mol. The van der Waals surface area contributed by atoms with Gasteiger partial charge in [0, 0.05) is 30.3 Å². The summed E-state index contributed by atoms with van der Waals surface area (Å²) in [6.45, 7) is 1.45. The fourth-order valence-corrected chi connectivity index (χ4v) is 5.86. The first-order chi connectivity index (χ1) is 13.0. The van der Waals surface area contributed by atoms with Gasteiger partial charge < -0.3 is 5.32 Å². The van der Waals surface area contributed by atoms with Crippen LogP contribution in [0.1, 0.15) is 42.3 Å². The lowest BCUT2D eigenvalue weighted by molar-refractivity contribution is -0.122. The van der Waals surface area contributed by atoms with Crippen molar-refractivity contribution in [2.24, 2.45) is 5.92 Å². The van der Waals surface area contributed by atoms with Crippen molar-refractivity contribution in [1.29, 1.82) is 0 Å². The van der Waals surface area contributed by atoms with Gasteiger partial charge in [-0.05, 0) is 37.8 Å². The van der Waals surface area contributed by atoms with Crippen molar-refractivity contribution >= 4 is 27.3 Å². The van der Waals surface area contributed by atoms with Gasteiger partial charge in [-0.2, -0.15) is 4.31 Å². The van der Waals surface area contributed by atoms with E-state index in [1.165, 1.54) is 0 Å². The largest absolute Gasteiger partial charge is 0.350 e. The Morgan fingerprint density at radius 2 is 2.00 bits per heavy atom. The number of carbonyl (C=O) groups is 1. The van der Waals surface area contributed by atoms with Gasteiger partial charge in [0.2, 0.25) is 15.9 Å². The van der Waals surface area contributed by atoms with E-state index in [-0.39, 0.29) is 17.7 Å². The van der Waals surface area contributed by atoms with Gasteiger partial charge in [-0.1, -0.05) is 18.2 Å². The Balaban J connectivity index is 1.41. The van der Waals surface area contributed by atoms with Crippen molar-refractivity contribution in [3.8, 4) is 0 Å². The van der Waals surface area contributed by atoms with Gasteiger partial charge in [-0.15, -0.1) is 11.3 Å². The minimum absolute atomic E-state index is 0.107. The van der Waals surface area contributed by atoms with Crippen LogP contribution in [0, 0.1) is 5.92 Å². The first-order valence-corrected chi connectivity index (χ1v) is 11.6. The monoisotopic (exact) mass is 405 g/mol. The van der Waals surface area contributed by atoms with Crippen LogP contribution >= 0.6 is 11.3 Å². The zero-order valence-corrected chi connectivity index (χ0v) is 16.6. The van der Waals surface area contributed by atoms with E-state index in [9.17, 15) is 13.2 Å². The fraction of sp³-hybridized carbons (Fsp3) is 0.474. The van der Waals surface area contributed by atoms with Crippen LogP contribution in [0.3, 0.4) is 0 Å². The Morgan fingerprint density at radius 1 is 1.22 bits per heavy atom. The second kappa shape index (κ2) is 7.69. The first-order valence-electron chi connectivity index (χ1n) is 9.31. The molecule has 1 saturated heterocycles. The van der Waals surface area contributed by atoms with E-state index in [2.05, 4.69) is 10.3 Å². The Kier molecular flexibility index (Phi) is 5.29. The smallest absolute Gasteiger partial charge is 0.243 e. The summed E-state index contributed by atoms with van der Waals surface area (Å²) in [7, 11) is -3.47. The van der Waals surface area contributed by atoms with E-state index >= 15 is 0 Å². The molecule has 1 aromatic carbocycles. The zero-order valence-electron chi connectivity index (χ0n) is 15.0. The van der Waals surface area contributed by atoms with Crippen molar-refractivity contribution in [3.63, 3.8) is 0 Å². The zero-order chi connectivity index (χ0) is 18.9. The number of nitrogens with zero attached hydrogens (tertiary/aromatic N) is 2. The molecule has 2 aromatic rings. The minimum Gasteiger partial charge on any atom is -0.350 e. The van der Waals surface area contributed by atoms with Crippen LogP contribution in [0.4, 0.5) is 0 Å². The number of amides is 1. The summed E-state index contributed by atoms with van der Waals surface area (Å²) in [5.41, 5.74) is 0.854. The Labute approximate surface area is 163 Å². The molecular formula is C19H23N3O3S2. The molecule has 0 radical (unpaired) electrons. The summed E-state index contributed by atoms with van der Waals surface area (Å²) in [6, 6.07) is 8.60. The molecule has 2 fully saturated rings. The van der Waals surface area contributed by atoms with Crippen LogP contribution in [0.5, 0.6) is 0 Å². The van der Waals surface area contributed by atoms with Gasteiger partial charge in [0.05, 0.1) is 22.1 Å². The van der Waals surface area contributed by atoms with Crippen LogP contribution < -0.4 is 5.32 Å². The Bertz CT molecular complexity index is 907. The molecule has 0 bridgehead atoms. The number of sulfonamides is 1. The first kappa shape index (κ1) is 18.6. The second-order valence-electron chi connectivity index (χ2n) is 7.18. The molecule has 1 N–H and O–H groups in total. The standard InChI is InChI=1S/C19H23N3O3S2/c23-18(14-8-9-14)20-11-16-13-26-19(21-16)15-5-4-10-22(12-15)27(24,25)17-6-2-1-3-7-17/h1-3,6-7,13-15H,4-5,8-12H2,(H,20,23)/t15-/m0/s1. The number of hydrogen-bond acceptors (Lipinski definition) is 5. The lowest BCUT2D eigenvalue weighted by Crippen LogP contribution is -2.39. The number of thiazole rings is 1. The van der Waals surface area contributed by atoms with E-state index in [4.69, 9.17) is 0 Å². The third-order valence-corrected chi connectivity index (χ3v) is 8.01. The third kappa shape index (κ3) is 4.23. The normalized spacial score (nSPS) is 21.1. The number of rotatable bonds is 6. The predicted octanol–water partition coefficient (Wildman–Crippen LogP) is 2.74. The number of piperidine rings is 1. The van der Waals surface area contributed by atoms with E-state index in [1.807, 2.05) is 11.4 Å². The summed E-state index contributed by atoms with van der Waals surface area (Å²) in [5.74, 6) is 0.413. The summed E-state index contributed by atoms with van der Waals surface area (Å²) < 4.78 is 27.3. The van der Waals surface area contributed by atoms with E-state index < -0.39 is 10.0 Å². The number of nitrogens with one attached hydrogen (secondary N) is 1. The van der Waals surface area contributed by atoms with Gasteiger partial charge in [0.25, 0.3) is 0 Å². The molecule has 0 unspecified atom stereocenters. The maximum absolute atomic E-state index is 12.9. The average molecular weight is 406 g/mol. The Hall–Kier alpha value is -1.77. The molecule has 27 heavy (non-hydrogen) atoms. The van der Waals surface area contributed by atoms with Gasteiger partial charge in [-0.25, -0.2) is 13.4 Å². The van der Waals surface area contributed by atoms with Crippen molar-refractivity contribution < 1.29 is 13.2 Å². The molecule has 6 nitrogen and oxygen atoms in total. The quantitative estimate of drug-likeness (QED) is 0.801. The highest BCUT2D eigenvalue weighted by atomic mass is 32.2. The summed E-state index contributed by atoms with van der Waals surface area (Å²) in [5, 5.41) is 5.85. The molecule has 2 heterocycles. The number of benzene rings is 1. The van der Waals surface area contributed by atoms with E-state index in [0.29, 0.717) is 24.5 Å². The van der Waals surface area contributed by atoms with Crippen molar-refractivity contribution in [2.45, 2.75) is 43.0 Å². The second-order valence-corrected chi connectivity index (χ2v) is 10.0. The lowest BCUT2D eigenvalue weighted by Gasteiger charge is -2.31. The molecule has 1 saturated carbocycles. The molecule has 2 aliphatic rings. The number of aromatic nitrogens is 1. The molecule has 1 amide bonds. The summed E-state index contributed by atoms with van der Waals surface area (Å²) in [4.78, 5) is 16.8. The predicted molar refractivity (Wildman–Crippen MR) is 104 cm³/mol. The fourth-order valence-electron chi connectivity index (χ4n) is 3.36. The lowest BCUT2D eigenvalue weighted by atomic mass is 10.0. The molecule has 0 spiro atoms. The van der Waals surface area contributed by atoms with Crippen molar-refractivity contribution in [2.75, 3.05) is 13.1 Å². The summed E-state index contributed by atoms with van der Waals surface area (Å²) in [6.07, 6.45) is 3.73. The number of carbonyl (C=O) groups excluding carboxylic acids is 1. The van der Waals surface area contributed by atoms with Gasteiger partial charge in [0.1, 0.15) is 0 Å². The molecule has 1 aromatic heterocycles. The van der Waals surface area contributed by atoms with Gasteiger partial charge in [0.15, 0.2) is 0 Å². The number of hydrogen-bond donors (Lipinski definition) is 1. The molecule has 1 atom stereocenters. The SMILES string of the molecule is O=C(NCc1csc([C@H]2CCCN(S(=O)(=O)c3ccccc3)C2)n1)C1CC1. The molecule has 1 aliphatic heterocycles. The van der Waals surface area contributed by atoms with Crippen LogP contribution in [-0.2, 0) is 21.4 Å². The van der Waals surface area contributed by atoms with Crippen LogP contribution in [0.15, 0.2) is 40.6 Å². The highest BCUT2D eigenvalue weighted by Crippen LogP contribution is 2.32. The maximum atomic E-state index is 12.9. The average Bonchev–Trinajstić information content (AvgIpc) is 3.45. The topological polar surface area (TPSA) is 79.4 Å². The van der Waals surface area contributed by atoms with Gasteiger partial charge >= 0.3 is 0 Å². The van der Waals surface area contributed by atoms with Crippen LogP contribution in [-0.4, -0.2) is 36.7 Å². The maximum Gasteiger partial charge on any atom is 0.243 e. The van der Waals surface area contributed by atoms with Crippen molar-refractivity contribution in [3.05, 3.63) is 46.4 Å². The third-order valence-electron chi connectivity index (χ3n) is 5.08. The highest BCUT2D eigenvalue weighted by Gasteiger charge is 2.32.